The van der Waals surface area contributed by atoms with Crippen molar-refractivity contribution < 1.29 is 41.0 Å². The Morgan fingerprint density at radius 3 is 2.53 bits per heavy atom. The Hall–Kier alpha value is -3.89. The van der Waals surface area contributed by atoms with Crippen molar-refractivity contribution in [3.8, 4) is 0 Å². The van der Waals surface area contributed by atoms with E-state index in [1.165, 1.54) is 34.7 Å². The highest BCUT2D eigenvalue weighted by atomic mass is 19.4. The van der Waals surface area contributed by atoms with E-state index in [1.807, 2.05) is 0 Å². The number of fused-ring (bicyclic) bond motifs is 1. The number of alkyl halides is 6. The van der Waals surface area contributed by atoms with Crippen LogP contribution >= 0.6 is 0 Å². The van der Waals surface area contributed by atoms with E-state index in [2.05, 4.69) is 31.1 Å². The highest BCUT2D eigenvalue weighted by Gasteiger charge is 2.38. The molecular formula is C19H20F6N8O3. The van der Waals surface area contributed by atoms with Crippen LogP contribution in [0.5, 0.6) is 0 Å². The second kappa shape index (κ2) is 10.8. The molecule has 0 radical (unpaired) electrons. The predicted molar refractivity (Wildman–Crippen MR) is 113 cm³/mol. The number of anilines is 2. The first-order chi connectivity index (χ1) is 16.8. The molecule has 0 aromatic carbocycles. The number of carbonyl (C=O) groups excluding carboxylic acids is 1. The first-order valence-corrected chi connectivity index (χ1v) is 10.2. The van der Waals surface area contributed by atoms with Crippen molar-refractivity contribution in [1.82, 2.24) is 29.7 Å². The lowest BCUT2D eigenvalue weighted by molar-refractivity contribution is -0.192. The maximum absolute atomic E-state index is 13.5. The van der Waals surface area contributed by atoms with E-state index in [1.54, 1.807) is 6.07 Å². The van der Waals surface area contributed by atoms with Crippen LogP contribution in [0.2, 0.25) is 0 Å². The molecule has 0 spiro atoms. The van der Waals surface area contributed by atoms with Gasteiger partial charge in [0.25, 0.3) is 12.3 Å². The van der Waals surface area contributed by atoms with Crippen LogP contribution < -0.4 is 16.0 Å². The molecule has 1 fully saturated rings. The topological polar surface area (TPSA) is 138 Å². The second-order valence-corrected chi connectivity index (χ2v) is 7.63. The molecule has 2 atom stereocenters. The van der Waals surface area contributed by atoms with Crippen molar-refractivity contribution >= 4 is 29.0 Å². The summed E-state index contributed by atoms with van der Waals surface area (Å²) in [5.74, 6) is -3.14. The maximum Gasteiger partial charge on any atom is 0.490 e. The number of aliphatic carboxylic acids is 1. The monoisotopic (exact) mass is 522 g/mol. The van der Waals surface area contributed by atoms with Gasteiger partial charge in [-0.25, -0.2) is 27.5 Å². The van der Waals surface area contributed by atoms with Crippen LogP contribution in [0.15, 0.2) is 24.5 Å². The first-order valence-electron chi connectivity index (χ1n) is 10.2. The number of rotatable bonds is 5. The van der Waals surface area contributed by atoms with E-state index < -0.39 is 36.3 Å². The number of halogens is 6. The molecule has 0 saturated carbocycles. The number of piperidine rings is 1. The fraction of sp³-hybridized carbons (Fsp3) is 0.421. The Balaban J connectivity index is 0.000000454. The number of hydrogen-bond acceptors (Lipinski definition) is 7. The third kappa shape index (κ3) is 6.61. The van der Waals surface area contributed by atoms with Crippen molar-refractivity contribution in [1.29, 1.82) is 0 Å². The molecule has 1 aliphatic rings. The number of carbonyl (C=O) groups is 2. The van der Waals surface area contributed by atoms with E-state index in [0.717, 1.165) is 0 Å². The van der Waals surface area contributed by atoms with Crippen molar-refractivity contribution in [2.24, 2.45) is 7.05 Å². The summed E-state index contributed by atoms with van der Waals surface area (Å²) < 4.78 is 74.0. The minimum atomic E-state index is -5.08. The summed E-state index contributed by atoms with van der Waals surface area (Å²) in [7, 11) is 1.49. The third-order valence-electron chi connectivity index (χ3n) is 4.82. The molecule has 1 amide bonds. The lowest BCUT2D eigenvalue weighted by atomic mass is 10.1. The van der Waals surface area contributed by atoms with Gasteiger partial charge in [-0.05, 0) is 12.1 Å². The van der Waals surface area contributed by atoms with Gasteiger partial charge in [-0.1, -0.05) is 0 Å². The van der Waals surface area contributed by atoms with Gasteiger partial charge in [-0.3, -0.25) is 9.48 Å². The fourth-order valence-electron chi connectivity index (χ4n) is 3.27. The molecule has 196 valence electrons. The molecule has 4 N–H and O–H groups in total. The normalized spacial score (nSPS) is 18.0. The number of hydrogen-bond donors (Lipinski definition) is 4. The van der Waals surface area contributed by atoms with Gasteiger partial charge in [-0.15, -0.1) is 5.10 Å². The van der Waals surface area contributed by atoms with E-state index in [0.29, 0.717) is 25.0 Å². The summed E-state index contributed by atoms with van der Waals surface area (Å²) in [4.78, 5) is 25.7. The molecule has 4 heterocycles. The smallest absolute Gasteiger partial charge is 0.475 e. The maximum atomic E-state index is 13.5. The van der Waals surface area contributed by atoms with Crippen LogP contribution in [-0.2, 0) is 11.8 Å². The minimum absolute atomic E-state index is 0.0721. The van der Waals surface area contributed by atoms with Crippen LogP contribution in [0.1, 0.15) is 29.0 Å². The van der Waals surface area contributed by atoms with E-state index in [-0.39, 0.29) is 23.4 Å². The Morgan fingerprint density at radius 2 is 1.92 bits per heavy atom. The SMILES string of the molecule is Cn1cc(NC(=O)c2ccc3cnc(N[C@H]4CNC[C@H](F)C4)nn23)c(C(F)F)n1.O=C(O)C(F)(F)F. The predicted octanol–water partition coefficient (Wildman–Crippen LogP) is 2.40. The summed E-state index contributed by atoms with van der Waals surface area (Å²) in [5.41, 5.74) is 0.104. The molecule has 4 rings (SSSR count). The molecule has 0 bridgehead atoms. The summed E-state index contributed by atoms with van der Waals surface area (Å²) >= 11 is 0. The Kier molecular flexibility index (Phi) is 8.01. The molecule has 0 aliphatic carbocycles. The number of nitrogens with zero attached hydrogens (tertiary/aromatic N) is 5. The minimum Gasteiger partial charge on any atom is -0.475 e. The number of amides is 1. The van der Waals surface area contributed by atoms with Gasteiger partial charge in [-0.2, -0.15) is 18.3 Å². The molecule has 1 aliphatic heterocycles. The van der Waals surface area contributed by atoms with Crippen molar-refractivity contribution in [2.75, 3.05) is 23.7 Å². The van der Waals surface area contributed by atoms with Gasteiger partial charge in [0, 0.05) is 38.8 Å². The molecular weight excluding hydrogens is 502 g/mol. The largest absolute Gasteiger partial charge is 0.490 e. The highest BCUT2D eigenvalue weighted by Crippen LogP contribution is 2.25. The van der Waals surface area contributed by atoms with Gasteiger partial charge in [0.05, 0.1) is 17.4 Å². The fourth-order valence-corrected chi connectivity index (χ4v) is 3.27. The molecule has 3 aromatic heterocycles. The molecule has 1 saturated heterocycles. The van der Waals surface area contributed by atoms with Gasteiger partial charge < -0.3 is 21.1 Å². The van der Waals surface area contributed by atoms with Crippen molar-refractivity contribution in [3.63, 3.8) is 0 Å². The van der Waals surface area contributed by atoms with Gasteiger partial charge in [0.2, 0.25) is 5.95 Å². The molecule has 17 heteroatoms. The Labute approximate surface area is 198 Å². The summed E-state index contributed by atoms with van der Waals surface area (Å²) in [5, 5.41) is 23.6. The van der Waals surface area contributed by atoms with Gasteiger partial charge in [0.1, 0.15) is 11.9 Å². The summed E-state index contributed by atoms with van der Waals surface area (Å²) in [6.07, 6.45) is -5.71. The van der Waals surface area contributed by atoms with Crippen molar-refractivity contribution in [3.05, 3.63) is 35.9 Å². The van der Waals surface area contributed by atoms with Crippen LogP contribution in [-0.4, -0.2) is 72.8 Å². The van der Waals surface area contributed by atoms with Crippen LogP contribution in [0.4, 0.5) is 38.0 Å². The second-order valence-electron chi connectivity index (χ2n) is 7.63. The number of carboxylic acids is 1. The van der Waals surface area contributed by atoms with Gasteiger partial charge in [0.15, 0.2) is 5.69 Å². The molecule has 0 unspecified atom stereocenters. The van der Waals surface area contributed by atoms with Gasteiger partial charge >= 0.3 is 12.1 Å². The lowest BCUT2D eigenvalue weighted by Crippen LogP contribution is -2.44. The van der Waals surface area contributed by atoms with Crippen molar-refractivity contribution in [2.45, 2.75) is 31.2 Å². The Morgan fingerprint density at radius 1 is 1.22 bits per heavy atom. The zero-order chi connectivity index (χ0) is 26.6. The lowest BCUT2D eigenvalue weighted by Gasteiger charge is -2.26. The number of carboxylic acid groups (broad SMARTS) is 1. The first kappa shape index (κ1) is 26.7. The number of aryl methyl sites for hydroxylation is 1. The summed E-state index contributed by atoms with van der Waals surface area (Å²) in [6.45, 7) is 0.882. The Bertz CT molecular complexity index is 1230. The zero-order valence-electron chi connectivity index (χ0n) is 18.4. The molecule has 36 heavy (non-hydrogen) atoms. The van der Waals surface area contributed by atoms with Crippen LogP contribution in [0.3, 0.4) is 0 Å². The average molecular weight is 522 g/mol. The average Bonchev–Trinajstić information content (AvgIpc) is 3.36. The molecule has 11 nitrogen and oxygen atoms in total. The number of aromatic nitrogens is 5. The van der Waals surface area contributed by atoms with E-state index >= 15 is 0 Å². The zero-order valence-corrected chi connectivity index (χ0v) is 18.4. The highest BCUT2D eigenvalue weighted by molar-refractivity contribution is 6.04. The van der Waals surface area contributed by atoms with E-state index in [9.17, 15) is 31.1 Å². The van der Waals surface area contributed by atoms with Crippen LogP contribution in [0, 0.1) is 0 Å². The quantitative estimate of drug-likeness (QED) is 0.375. The third-order valence-corrected chi connectivity index (χ3v) is 4.82. The van der Waals surface area contributed by atoms with Crippen LogP contribution in [0.25, 0.3) is 5.52 Å². The van der Waals surface area contributed by atoms with E-state index in [4.69, 9.17) is 9.90 Å². The standard InChI is InChI=1S/C17H19F3N8O.C2HF3O2/c1-27-8-12(14(25-27)15(19)20)24-16(29)13-3-2-11-7-22-17(26-28(11)13)23-10-4-9(18)5-21-6-10;3-2(4,5)1(6)7/h2-3,7-10,15,21H,4-6H2,1H3,(H,23,26)(H,24,29);(H,6,7)/t9-,10-;/m1./s1. The number of nitrogens with one attached hydrogen (secondary N) is 3. The molecule has 3 aromatic rings. The summed E-state index contributed by atoms with van der Waals surface area (Å²) in [6, 6.07) is 2.96.